The Morgan fingerprint density at radius 3 is 2.83 bits per heavy atom. The van der Waals surface area contributed by atoms with Crippen LogP contribution in [0.25, 0.3) is 0 Å². The van der Waals surface area contributed by atoms with Crippen LogP contribution in [-0.2, 0) is 19.5 Å². The Bertz CT molecular complexity index is 1050. The van der Waals surface area contributed by atoms with Crippen molar-refractivity contribution in [3.05, 3.63) is 81.7 Å². The van der Waals surface area contributed by atoms with E-state index in [1.54, 1.807) is 18.4 Å². The Morgan fingerprint density at radius 1 is 1.14 bits per heavy atom. The van der Waals surface area contributed by atoms with Gasteiger partial charge in [-0.15, -0.1) is 11.3 Å². The summed E-state index contributed by atoms with van der Waals surface area (Å²) < 4.78 is 5.33. The highest BCUT2D eigenvalue weighted by atomic mass is 32.1. The van der Waals surface area contributed by atoms with Gasteiger partial charge in [0, 0.05) is 24.5 Å². The number of carbonyl (C=O) groups excluding carboxylic acids is 1. The quantitative estimate of drug-likeness (QED) is 0.684. The van der Waals surface area contributed by atoms with Crippen molar-refractivity contribution < 1.29 is 9.53 Å². The number of ether oxygens (including phenoxy) is 1. The molecular formula is C23H23N3O2S. The second-order valence-corrected chi connectivity index (χ2v) is 8.59. The van der Waals surface area contributed by atoms with Crippen LogP contribution < -0.4 is 15.4 Å². The average Bonchev–Trinajstić information content (AvgIpc) is 3.12. The molecule has 6 heteroatoms. The van der Waals surface area contributed by atoms with Gasteiger partial charge in [-0.25, -0.2) is 0 Å². The van der Waals surface area contributed by atoms with Crippen LogP contribution in [0.15, 0.2) is 54.6 Å². The fourth-order valence-corrected chi connectivity index (χ4v) is 5.45. The van der Waals surface area contributed by atoms with Crippen molar-refractivity contribution in [2.24, 2.45) is 0 Å². The molecule has 0 unspecified atom stereocenters. The van der Waals surface area contributed by atoms with Crippen LogP contribution in [0.5, 0.6) is 5.75 Å². The van der Waals surface area contributed by atoms with Gasteiger partial charge in [0.15, 0.2) is 0 Å². The van der Waals surface area contributed by atoms with E-state index in [0.29, 0.717) is 0 Å². The van der Waals surface area contributed by atoms with E-state index in [1.807, 2.05) is 30.3 Å². The molecular weight excluding hydrogens is 382 g/mol. The van der Waals surface area contributed by atoms with Gasteiger partial charge in [-0.05, 0) is 35.2 Å². The van der Waals surface area contributed by atoms with E-state index in [-0.39, 0.29) is 12.1 Å². The molecule has 3 aromatic rings. The zero-order chi connectivity index (χ0) is 19.8. The Balaban J connectivity index is 1.38. The third-order valence-electron chi connectivity index (χ3n) is 5.59. The Hall–Kier alpha value is -2.83. The van der Waals surface area contributed by atoms with E-state index in [9.17, 15) is 4.79 Å². The van der Waals surface area contributed by atoms with Crippen molar-refractivity contribution in [3.63, 3.8) is 0 Å². The van der Waals surface area contributed by atoms with E-state index in [1.165, 1.54) is 16.0 Å². The lowest BCUT2D eigenvalue weighted by atomic mass is 10.00. The van der Waals surface area contributed by atoms with Crippen LogP contribution in [0.3, 0.4) is 0 Å². The summed E-state index contributed by atoms with van der Waals surface area (Å²) in [6, 6.07) is 18.4. The normalized spacial score (nSPS) is 18.4. The summed E-state index contributed by atoms with van der Waals surface area (Å²) in [6.07, 6.45) is 0.665. The first-order valence-electron chi connectivity index (χ1n) is 9.83. The number of fused-ring (bicyclic) bond motifs is 3. The highest BCUT2D eigenvalue weighted by molar-refractivity contribution is 7.16. The summed E-state index contributed by atoms with van der Waals surface area (Å²) in [5.41, 5.74) is 4.36. The topological polar surface area (TPSA) is 53.6 Å². The highest BCUT2D eigenvalue weighted by Gasteiger charge is 2.33. The Kier molecular flexibility index (Phi) is 4.73. The molecule has 1 amide bonds. The molecule has 2 N–H and O–H groups in total. The van der Waals surface area contributed by atoms with Crippen LogP contribution in [0.1, 0.15) is 38.1 Å². The Labute approximate surface area is 174 Å². The molecule has 0 radical (unpaired) electrons. The first-order chi connectivity index (χ1) is 14.2. The lowest BCUT2D eigenvalue weighted by Gasteiger charge is -2.28. The standard InChI is InChI=1S/C23H23N3O2S/c1-28-17-9-5-8-16(12-17)21-24-22(27)20-18-10-11-26(13-15-6-3-2-4-7-15)14-19(18)29-23(20)25-21/h2-9,12,21,25H,10-11,13-14H2,1H3,(H,24,27)/t21-/m1/s1. The second-order valence-electron chi connectivity index (χ2n) is 7.48. The number of rotatable bonds is 4. The highest BCUT2D eigenvalue weighted by Crippen LogP contribution is 2.41. The van der Waals surface area contributed by atoms with Gasteiger partial charge < -0.3 is 15.4 Å². The fourth-order valence-electron chi connectivity index (χ4n) is 4.13. The van der Waals surface area contributed by atoms with Crippen LogP contribution in [0.4, 0.5) is 5.00 Å². The molecule has 0 saturated carbocycles. The van der Waals surface area contributed by atoms with E-state index < -0.39 is 0 Å². The first-order valence-corrected chi connectivity index (χ1v) is 10.6. The van der Waals surface area contributed by atoms with Crippen molar-refractivity contribution in [1.82, 2.24) is 10.2 Å². The average molecular weight is 406 g/mol. The monoisotopic (exact) mass is 405 g/mol. The first kappa shape index (κ1) is 18.2. The molecule has 1 atom stereocenters. The van der Waals surface area contributed by atoms with Gasteiger partial charge in [0.1, 0.15) is 16.9 Å². The maximum absolute atomic E-state index is 12.9. The second kappa shape index (κ2) is 7.54. The van der Waals surface area contributed by atoms with Crippen molar-refractivity contribution in [2.75, 3.05) is 19.0 Å². The molecule has 0 saturated heterocycles. The lowest BCUT2D eigenvalue weighted by molar-refractivity contribution is 0.0934. The maximum atomic E-state index is 12.9. The van der Waals surface area contributed by atoms with Crippen LogP contribution in [0.2, 0.25) is 0 Å². The fraction of sp³-hybridized carbons (Fsp3) is 0.261. The molecule has 29 heavy (non-hydrogen) atoms. The SMILES string of the molecule is COc1cccc([C@@H]2NC(=O)c3c(sc4c3CCN(Cc3ccccc3)C4)N2)c1. The lowest BCUT2D eigenvalue weighted by Crippen LogP contribution is -2.38. The molecule has 3 heterocycles. The number of amides is 1. The summed E-state index contributed by atoms with van der Waals surface area (Å²) in [6.45, 7) is 2.80. The number of nitrogens with zero attached hydrogens (tertiary/aromatic N) is 1. The van der Waals surface area contributed by atoms with E-state index in [2.05, 4.69) is 39.8 Å². The molecule has 1 aromatic heterocycles. The minimum Gasteiger partial charge on any atom is -0.497 e. The number of nitrogens with one attached hydrogen (secondary N) is 2. The van der Waals surface area contributed by atoms with Gasteiger partial charge in [0.2, 0.25) is 0 Å². The number of hydrogen-bond acceptors (Lipinski definition) is 5. The van der Waals surface area contributed by atoms with Crippen molar-refractivity contribution in [2.45, 2.75) is 25.7 Å². The van der Waals surface area contributed by atoms with Crippen molar-refractivity contribution in [3.8, 4) is 5.75 Å². The molecule has 5 nitrogen and oxygen atoms in total. The summed E-state index contributed by atoms with van der Waals surface area (Å²) in [5, 5.41) is 7.62. The Morgan fingerprint density at radius 2 is 2.00 bits per heavy atom. The van der Waals surface area contributed by atoms with E-state index in [0.717, 1.165) is 47.9 Å². The number of hydrogen-bond donors (Lipinski definition) is 2. The number of benzene rings is 2. The molecule has 0 aliphatic carbocycles. The minimum absolute atomic E-state index is 0.0144. The van der Waals surface area contributed by atoms with E-state index >= 15 is 0 Å². The molecule has 2 aromatic carbocycles. The minimum atomic E-state index is -0.245. The van der Waals surface area contributed by atoms with Crippen LogP contribution in [-0.4, -0.2) is 24.5 Å². The van der Waals surface area contributed by atoms with Crippen LogP contribution >= 0.6 is 11.3 Å². The van der Waals surface area contributed by atoms with Crippen LogP contribution in [0, 0.1) is 0 Å². The third-order valence-corrected chi connectivity index (χ3v) is 6.74. The van der Waals surface area contributed by atoms with Gasteiger partial charge in [0.25, 0.3) is 5.91 Å². The van der Waals surface area contributed by atoms with Gasteiger partial charge in [-0.3, -0.25) is 9.69 Å². The predicted molar refractivity (Wildman–Crippen MR) is 115 cm³/mol. The molecule has 0 bridgehead atoms. The largest absolute Gasteiger partial charge is 0.497 e. The summed E-state index contributed by atoms with van der Waals surface area (Å²) >= 11 is 1.72. The molecule has 2 aliphatic rings. The van der Waals surface area contributed by atoms with Crippen molar-refractivity contribution in [1.29, 1.82) is 0 Å². The number of thiophene rings is 1. The maximum Gasteiger partial charge on any atom is 0.256 e. The van der Waals surface area contributed by atoms with Gasteiger partial charge >= 0.3 is 0 Å². The smallest absolute Gasteiger partial charge is 0.256 e. The third kappa shape index (κ3) is 3.50. The predicted octanol–water partition coefficient (Wildman–Crippen LogP) is 4.17. The molecule has 0 spiro atoms. The number of anilines is 1. The summed E-state index contributed by atoms with van der Waals surface area (Å²) in [5.74, 6) is 0.798. The molecule has 2 aliphatic heterocycles. The van der Waals surface area contributed by atoms with E-state index in [4.69, 9.17) is 4.74 Å². The zero-order valence-corrected chi connectivity index (χ0v) is 17.1. The zero-order valence-electron chi connectivity index (χ0n) is 16.3. The van der Waals surface area contributed by atoms with Gasteiger partial charge in [-0.1, -0.05) is 42.5 Å². The molecule has 5 rings (SSSR count). The molecule has 148 valence electrons. The van der Waals surface area contributed by atoms with Crippen molar-refractivity contribution >= 4 is 22.2 Å². The number of methoxy groups -OCH3 is 1. The summed E-state index contributed by atoms with van der Waals surface area (Å²) in [7, 11) is 1.65. The summed E-state index contributed by atoms with van der Waals surface area (Å²) in [4.78, 5) is 16.7. The van der Waals surface area contributed by atoms with Gasteiger partial charge in [-0.2, -0.15) is 0 Å². The number of carbonyl (C=O) groups is 1. The molecule has 0 fully saturated rings. The van der Waals surface area contributed by atoms with Gasteiger partial charge in [0.05, 0.1) is 12.7 Å².